The van der Waals surface area contributed by atoms with Crippen molar-refractivity contribution in [3.8, 4) is 0 Å². The number of piperidine rings is 1. The molecule has 2 rings (SSSR count). The van der Waals surface area contributed by atoms with E-state index in [1.54, 1.807) is 0 Å². The van der Waals surface area contributed by atoms with Crippen LogP contribution >= 0.6 is 0 Å². The van der Waals surface area contributed by atoms with E-state index < -0.39 is 31.5 Å². The first-order valence-corrected chi connectivity index (χ1v) is 6.99. The van der Waals surface area contributed by atoms with Crippen LogP contribution in [0.15, 0.2) is 0 Å². The van der Waals surface area contributed by atoms with Crippen LogP contribution in [-0.4, -0.2) is 64.6 Å². The van der Waals surface area contributed by atoms with Gasteiger partial charge in [0.25, 0.3) is 0 Å². The van der Waals surface area contributed by atoms with Crippen LogP contribution in [0.2, 0.25) is 0 Å². The third-order valence-electron chi connectivity index (χ3n) is 3.59. The summed E-state index contributed by atoms with van der Waals surface area (Å²) in [6, 6.07) is 0. The molecule has 2 heterocycles. The molecule has 0 unspecified atom stereocenters. The summed E-state index contributed by atoms with van der Waals surface area (Å²) in [5.41, 5.74) is 5.42. The van der Waals surface area contributed by atoms with Gasteiger partial charge in [0.05, 0.1) is 0 Å². The second-order valence-electron chi connectivity index (χ2n) is 5.29. The van der Waals surface area contributed by atoms with Crippen molar-refractivity contribution in [1.82, 2.24) is 20.1 Å². The molecule has 1 amide bonds. The lowest BCUT2D eigenvalue weighted by Gasteiger charge is -2.31. The lowest BCUT2D eigenvalue weighted by Crippen LogP contribution is -2.41. The number of aromatic nitrogens is 3. The summed E-state index contributed by atoms with van der Waals surface area (Å²) in [5, 5.41) is 6.44. The average molecular weight is 339 g/mol. The molecule has 1 aliphatic rings. The van der Waals surface area contributed by atoms with Crippen molar-refractivity contribution in [1.29, 1.82) is 0 Å². The number of hydrogen-bond acceptors (Lipinski definition) is 5. The highest BCUT2D eigenvalue weighted by atomic mass is 19.3. The van der Waals surface area contributed by atoms with Crippen LogP contribution in [-0.2, 0) is 9.53 Å². The number of carbonyl (C=O) groups is 1. The van der Waals surface area contributed by atoms with E-state index in [1.165, 1.54) is 4.90 Å². The van der Waals surface area contributed by atoms with Crippen molar-refractivity contribution in [2.24, 2.45) is 0 Å². The summed E-state index contributed by atoms with van der Waals surface area (Å²) >= 11 is 0. The van der Waals surface area contributed by atoms with Crippen molar-refractivity contribution in [3.05, 3.63) is 5.82 Å². The second-order valence-corrected chi connectivity index (χ2v) is 5.29. The van der Waals surface area contributed by atoms with E-state index in [0.717, 1.165) is 0 Å². The van der Waals surface area contributed by atoms with Gasteiger partial charge in [0, 0.05) is 19.0 Å². The number of ether oxygens (including phenoxy) is 1. The van der Waals surface area contributed by atoms with Gasteiger partial charge in [-0.25, -0.2) is 8.78 Å². The highest BCUT2D eigenvalue weighted by Gasteiger charge is 2.41. The second kappa shape index (κ2) is 7.11. The minimum Gasteiger partial charge on any atom is -0.367 e. The summed E-state index contributed by atoms with van der Waals surface area (Å²) in [6.07, 6.45) is -2.61. The molecule has 0 saturated carbocycles. The number of hydrogen-bond donors (Lipinski definition) is 2. The number of carbonyl (C=O) groups excluding carboxylic acids is 1. The first kappa shape index (κ1) is 17.4. The fraction of sp³-hybridized carbons (Fsp3) is 0.750. The fourth-order valence-electron chi connectivity index (χ4n) is 2.30. The molecule has 0 aliphatic carbocycles. The van der Waals surface area contributed by atoms with E-state index in [1.807, 2.05) is 0 Å². The van der Waals surface area contributed by atoms with Crippen LogP contribution in [0.25, 0.3) is 0 Å². The third-order valence-corrected chi connectivity index (χ3v) is 3.59. The molecule has 1 aromatic rings. The van der Waals surface area contributed by atoms with E-state index in [9.17, 15) is 22.4 Å². The number of nitrogens with zero attached hydrogens (tertiary/aromatic N) is 3. The number of H-pyrrole nitrogens is 1. The molecule has 1 aliphatic heterocycles. The van der Waals surface area contributed by atoms with Crippen LogP contribution in [0.1, 0.15) is 24.6 Å². The molecular formula is C12H17F4N5O2. The number of aromatic amines is 1. The number of anilines is 1. The Kier molecular flexibility index (Phi) is 5.39. The molecule has 0 aromatic carbocycles. The van der Waals surface area contributed by atoms with Crippen LogP contribution in [0.4, 0.5) is 23.5 Å². The minimum absolute atomic E-state index is 0.0768. The molecule has 3 N–H and O–H groups in total. The zero-order valence-corrected chi connectivity index (χ0v) is 12.1. The summed E-state index contributed by atoms with van der Waals surface area (Å²) < 4.78 is 53.6. The van der Waals surface area contributed by atoms with Gasteiger partial charge in [0.15, 0.2) is 0 Å². The maximum absolute atomic E-state index is 12.7. The number of nitrogens with two attached hydrogens (primary N) is 1. The van der Waals surface area contributed by atoms with Crippen molar-refractivity contribution in [2.45, 2.75) is 31.1 Å². The molecule has 0 atom stereocenters. The van der Waals surface area contributed by atoms with Gasteiger partial charge < -0.3 is 15.4 Å². The number of amides is 1. The first-order valence-electron chi connectivity index (χ1n) is 6.99. The van der Waals surface area contributed by atoms with Crippen LogP contribution < -0.4 is 5.73 Å². The van der Waals surface area contributed by atoms with Gasteiger partial charge in [0.2, 0.25) is 11.9 Å². The van der Waals surface area contributed by atoms with E-state index in [-0.39, 0.29) is 11.9 Å². The van der Waals surface area contributed by atoms with Gasteiger partial charge in [-0.15, -0.1) is 5.10 Å². The Morgan fingerprint density at radius 3 is 2.61 bits per heavy atom. The van der Waals surface area contributed by atoms with Gasteiger partial charge in [0.1, 0.15) is 19.0 Å². The minimum atomic E-state index is -4.25. The van der Waals surface area contributed by atoms with Gasteiger partial charge in [-0.05, 0) is 12.8 Å². The normalized spacial score (nSPS) is 17.0. The molecule has 0 radical (unpaired) electrons. The van der Waals surface area contributed by atoms with Crippen LogP contribution in [0.5, 0.6) is 0 Å². The Balaban J connectivity index is 1.73. The van der Waals surface area contributed by atoms with Crippen molar-refractivity contribution in [3.63, 3.8) is 0 Å². The average Bonchev–Trinajstić information content (AvgIpc) is 2.93. The van der Waals surface area contributed by atoms with E-state index in [0.29, 0.717) is 31.8 Å². The highest BCUT2D eigenvalue weighted by molar-refractivity contribution is 5.77. The molecule has 1 saturated heterocycles. The monoisotopic (exact) mass is 339 g/mol. The highest BCUT2D eigenvalue weighted by Crippen LogP contribution is 2.26. The molecule has 7 nitrogen and oxygen atoms in total. The summed E-state index contributed by atoms with van der Waals surface area (Å²) in [7, 11) is 0. The van der Waals surface area contributed by atoms with Crippen LogP contribution in [0.3, 0.4) is 0 Å². The standard InChI is InChI=1S/C12H17F4N5O2/c13-10(14)12(15,16)6-23-5-8(22)21-3-1-7(2-4-21)9-18-11(17)20-19-9/h7,10H,1-6H2,(H3,17,18,19,20). The molecule has 1 aromatic heterocycles. The smallest absolute Gasteiger partial charge is 0.330 e. The third kappa shape index (κ3) is 4.53. The quantitative estimate of drug-likeness (QED) is 0.754. The Hall–Kier alpha value is -1.91. The maximum Gasteiger partial charge on any atom is 0.330 e. The predicted molar refractivity (Wildman–Crippen MR) is 71.1 cm³/mol. The Labute approximate surface area is 129 Å². The van der Waals surface area contributed by atoms with Crippen LogP contribution in [0, 0.1) is 0 Å². The van der Waals surface area contributed by atoms with Gasteiger partial charge >= 0.3 is 12.3 Å². The van der Waals surface area contributed by atoms with Gasteiger partial charge in [-0.1, -0.05) is 0 Å². The number of alkyl halides is 4. The zero-order chi connectivity index (χ0) is 17.0. The van der Waals surface area contributed by atoms with Gasteiger partial charge in [-0.3, -0.25) is 9.89 Å². The topological polar surface area (TPSA) is 97.1 Å². The van der Waals surface area contributed by atoms with E-state index in [4.69, 9.17) is 5.73 Å². The number of rotatable bonds is 6. The molecule has 23 heavy (non-hydrogen) atoms. The molecule has 0 bridgehead atoms. The van der Waals surface area contributed by atoms with E-state index >= 15 is 0 Å². The molecule has 0 spiro atoms. The molecule has 130 valence electrons. The summed E-state index contributed by atoms with van der Waals surface area (Å²) in [6.45, 7) is -1.36. The van der Waals surface area contributed by atoms with Crippen molar-refractivity contribution < 1.29 is 27.1 Å². The Morgan fingerprint density at radius 2 is 2.09 bits per heavy atom. The zero-order valence-electron chi connectivity index (χ0n) is 12.1. The SMILES string of the molecule is Nc1n[nH]c(C2CCN(C(=O)COCC(F)(F)C(F)F)CC2)n1. The summed E-state index contributed by atoms with van der Waals surface area (Å²) in [5.74, 6) is -3.90. The maximum atomic E-state index is 12.7. The number of likely N-dealkylation sites (tertiary alicyclic amines) is 1. The Morgan fingerprint density at radius 1 is 1.43 bits per heavy atom. The number of nitrogens with one attached hydrogen (secondary N) is 1. The van der Waals surface area contributed by atoms with Gasteiger partial charge in [-0.2, -0.15) is 13.8 Å². The molecular weight excluding hydrogens is 322 g/mol. The first-order chi connectivity index (χ1) is 10.8. The Bertz CT molecular complexity index is 531. The molecule has 1 fully saturated rings. The lowest BCUT2D eigenvalue weighted by molar-refractivity contribution is -0.171. The van der Waals surface area contributed by atoms with E-state index in [2.05, 4.69) is 19.9 Å². The predicted octanol–water partition coefficient (Wildman–Crippen LogP) is 1.01. The lowest BCUT2D eigenvalue weighted by atomic mass is 9.96. The number of halogens is 4. The summed E-state index contributed by atoms with van der Waals surface area (Å²) in [4.78, 5) is 17.3. The largest absolute Gasteiger partial charge is 0.367 e. The molecule has 11 heteroatoms. The fourth-order valence-corrected chi connectivity index (χ4v) is 2.30. The number of nitrogen functional groups attached to an aromatic ring is 1. The van der Waals surface area contributed by atoms with Crippen molar-refractivity contribution >= 4 is 11.9 Å². The van der Waals surface area contributed by atoms with Crippen molar-refractivity contribution in [2.75, 3.05) is 32.0 Å².